The SMILES string of the molecule is C[n+]1cc2c3c(ccc2c2ccccc21)OCO3.[I-]. The van der Waals surface area contributed by atoms with Crippen molar-refractivity contribution in [1.82, 2.24) is 0 Å². The molecule has 3 aromatic rings. The molecule has 1 aliphatic rings. The maximum Gasteiger partial charge on any atom is 0.231 e. The minimum absolute atomic E-state index is 0. The van der Waals surface area contributed by atoms with Gasteiger partial charge in [-0.15, -0.1) is 0 Å². The van der Waals surface area contributed by atoms with Gasteiger partial charge < -0.3 is 33.5 Å². The Labute approximate surface area is 127 Å². The van der Waals surface area contributed by atoms with Gasteiger partial charge in [0.05, 0.1) is 10.8 Å². The van der Waals surface area contributed by atoms with Gasteiger partial charge in [0.2, 0.25) is 12.3 Å². The summed E-state index contributed by atoms with van der Waals surface area (Å²) in [5.74, 6) is 1.69. The normalized spacial score (nSPS) is 12.7. The van der Waals surface area contributed by atoms with E-state index in [9.17, 15) is 0 Å². The third-order valence-electron chi connectivity index (χ3n) is 3.47. The average Bonchev–Trinajstić information content (AvgIpc) is 2.88. The maximum atomic E-state index is 5.58. The molecule has 0 amide bonds. The van der Waals surface area contributed by atoms with Crippen molar-refractivity contribution in [3.8, 4) is 11.5 Å². The lowest BCUT2D eigenvalue weighted by Crippen LogP contribution is -3.00. The van der Waals surface area contributed by atoms with E-state index < -0.39 is 0 Å². The van der Waals surface area contributed by atoms with Gasteiger partial charge in [0.25, 0.3) is 0 Å². The third kappa shape index (κ3) is 1.74. The molecule has 2 aromatic carbocycles. The number of para-hydroxylation sites is 1. The zero-order valence-electron chi connectivity index (χ0n) is 10.4. The summed E-state index contributed by atoms with van der Waals surface area (Å²) in [4.78, 5) is 0. The van der Waals surface area contributed by atoms with Crippen LogP contribution in [0.15, 0.2) is 42.6 Å². The second-order valence-corrected chi connectivity index (χ2v) is 4.52. The largest absolute Gasteiger partial charge is 1.00 e. The summed E-state index contributed by atoms with van der Waals surface area (Å²) in [6, 6.07) is 12.5. The Morgan fingerprint density at radius 1 is 0.947 bits per heavy atom. The van der Waals surface area contributed by atoms with Crippen molar-refractivity contribution in [3.05, 3.63) is 42.6 Å². The molecular weight excluding hydrogens is 353 g/mol. The summed E-state index contributed by atoms with van der Waals surface area (Å²) >= 11 is 0. The molecule has 4 heteroatoms. The van der Waals surface area contributed by atoms with Gasteiger partial charge in [0.15, 0.2) is 17.7 Å². The topological polar surface area (TPSA) is 22.3 Å². The molecular formula is C15H12INO2. The molecule has 1 aliphatic heterocycles. The fourth-order valence-corrected chi connectivity index (χ4v) is 2.63. The lowest BCUT2D eigenvalue weighted by atomic mass is 10.1. The van der Waals surface area contributed by atoms with Crippen molar-refractivity contribution in [1.29, 1.82) is 0 Å². The number of rotatable bonds is 0. The van der Waals surface area contributed by atoms with Crippen LogP contribution in [0.4, 0.5) is 0 Å². The van der Waals surface area contributed by atoms with Crippen LogP contribution in [-0.2, 0) is 7.05 Å². The molecule has 3 nitrogen and oxygen atoms in total. The summed E-state index contributed by atoms with van der Waals surface area (Å²) in [6.45, 7) is 0.311. The second-order valence-electron chi connectivity index (χ2n) is 4.52. The summed E-state index contributed by atoms with van der Waals surface area (Å²) in [6.07, 6.45) is 2.10. The molecule has 0 bridgehead atoms. The van der Waals surface area contributed by atoms with Crippen molar-refractivity contribution in [3.63, 3.8) is 0 Å². The van der Waals surface area contributed by atoms with Crippen molar-refractivity contribution in [2.24, 2.45) is 7.05 Å². The third-order valence-corrected chi connectivity index (χ3v) is 3.47. The molecule has 0 spiro atoms. The van der Waals surface area contributed by atoms with Crippen molar-refractivity contribution < 1.29 is 38.0 Å². The molecule has 1 aromatic heterocycles. The standard InChI is InChI=1S/C15H12NO2.HI/c1-16-8-12-10(11-4-2-3-5-13(11)16)6-7-14-15(12)18-9-17-14;/h2-8H,9H2,1H3;1H/q+1;/p-1. The molecule has 19 heavy (non-hydrogen) atoms. The first-order chi connectivity index (χ1) is 8.84. The minimum atomic E-state index is 0. The number of ether oxygens (including phenoxy) is 2. The minimum Gasteiger partial charge on any atom is -1.00 e. The zero-order valence-corrected chi connectivity index (χ0v) is 12.5. The molecule has 4 rings (SSSR count). The van der Waals surface area contributed by atoms with Gasteiger partial charge >= 0.3 is 0 Å². The quantitative estimate of drug-likeness (QED) is 0.306. The van der Waals surface area contributed by atoms with E-state index in [1.807, 2.05) is 6.07 Å². The number of fused-ring (bicyclic) bond motifs is 5. The Hall–Kier alpha value is -1.56. The monoisotopic (exact) mass is 365 g/mol. The van der Waals surface area contributed by atoms with E-state index in [0.29, 0.717) is 6.79 Å². The molecule has 0 unspecified atom stereocenters. The maximum absolute atomic E-state index is 5.58. The Bertz CT molecular complexity index is 786. The highest BCUT2D eigenvalue weighted by Gasteiger charge is 2.20. The van der Waals surface area contributed by atoms with Gasteiger partial charge in [-0.05, 0) is 18.2 Å². The number of aryl methyl sites for hydroxylation is 1. The first kappa shape index (κ1) is 12.5. The molecule has 0 N–H and O–H groups in total. The van der Waals surface area contributed by atoms with Gasteiger partial charge in [0.1, 0.15) is 7.05 Å². The van der Waals surface area contributed by atoms with E-state index in [1.165, 1.54) is 16.3 Å². The molecule has 2 heterocycles. The van der Waals surface area contributed by atoms with Crippen LogP contribution in [-0.4, -0.2) is 6.79 Å². The molecule has 0 atom stereocenters. The van der Waals surface area contributed by atoms with Gasteiger partial charge in [-0.25, -0.2) is 4.57 Å². The average molecular weight is 365 g/mol. The number of benzene rings is 2. The number of nitrogens with zero attached hydrogens (tertiary/aromatic N) is 1. The highest BCUT2D eigenvalue weighted by molar-refractivity contribution is 6.06. The summed E-state index contributed by atoms with van der Waals surface area (Å²) in [5.41, 5.74) is 1.21. The van der Waals surface area contributed by atoms with Crippen LogP contribution in [0.2, 0.25) is 0 Å². The van der Waals surface area contributed by atoms with Gasteiger partial charge in [-0.1, -0.05) is 12.1 Å². The predicted molar refractivity (Wildman–Crippen MR) is 68.8 cm³/mol. The fraction of sp³-hybridized carbons (Fsp3) is 0.133. The molecule has 0 saturated carbocycles. The Kier molecular flexibility index (Phi) is 2.97. The molecule has 0 saturated heterocycles. The van der Waals surface area contributed by atoms with Crippen molar-refractivity contribution in [2.75, 3.05) is 6.79 Å². The van der Waals surface area contributed by atoms with Crippen molar-refractivity contribution >= 4 is 21.7 Å². The number of hydrogen-bond acceptors (Lipinski definition) is 2. The first-order valence-electron chi connectivity index (χ1n) is 5.94. The second kappa shape index (κ2) is 4.52. The van der Waals surface area contributed by atoms with Gasteiger partial charge in [-0.2, -0.15) is 0 Å². The molecule has 0 aliphatic carbocycles. The van der Waals surface area contributed by atoms with Crippen LogP contribution in [0.3, 0.4) is 0 Å². The van der Waals surface area contributed by atoms with E-state index in [0.717, 1.165) is 16.9 Å². The summed E-state index contributed by atoms with van der Waals surface area (Å²) < 4.78 is 13.1. The van der Waals surface area contributed by atoms with Crippen LogP contribution >= 0.6 is 0 Å². The zero-order chi connectivity index (χ0) is 12.1. The van der Waals surface area contributed by atoms with Gasteiger partial charge in [-0.3, -0.25) is 0 Å². The predicted octanol–water partition coefficient (Wildman–Crippen LogP) is -0.450. The molecule has 96 valence electrons. The lowest BCUT2D eigenvalue weighted by Gasteiger charge is -2.04. The Morgan fingerprint density at radius 2 is 1.79 bits per heavy atom. The number of aromatic nitrogens is 1. The smallest absolute Gasteiger partial charge is 0.231 e. The van der Waals surface area contributed by atoms with Gasteiger partial charge in [0, 0.05) is 11.5 Å². The highest BCUT2D eigenvalue weighted by atomic mass is 127. The fourth-order valence-electron chi connectivity index (χ4n) is 2.63. The van der Waals surface area contributed by atoms with E-state index in [2.05, 4.69) is 48.1 Å². The lowest BCUT2D eigenvalue weighted by molar-refractivity contribution is -0.643. The van der Waals surface area contributed by atoms with Crippen LogP contribution in [0.25, 0.3) is 21.7 Å². The summed E-state index contributed by atoms with van der Waals surface area (Å²) in [7, 11) is 2.05. The van der Waals surface area contributed by atoms with Crippen LogP contribution < -0.4 is 38.0 Å². The van der Waals surface area contributed by atoms with Crippen molar-refractivity contribution in [2.45, 2.75) is 0 Å². The van der Waals surface area contributed by atoms with E-state index in [4.69, 9.17) is 9.47 Å². The first-order valence-corrected chi connectivity index (χ1v) is 5.94. The van der Waals surface area contributed by atoms with E-state index in [1.54, 1.807) is 0 Å². The number of hydrogen-bond donors (Lipinski definition) is 0. The Balaban J connectivity index is 0.00000110. The highest BCUT2D eigenvalue weighted by Crippen LogP contribution is 2.40. The van der Waals surface area contributed by atoms with E-state index >= 15 is 0 Å². The summed E-state index contributed by atoms with van der Waals surface area (Å²) in [5, 5.41) is 3.54. The van der Waals surface area contributed by atoms with E-state index in [-0.39, 0.29) is 24.0 Å². The number of halogens is 1. The molecule has 0 fully saturated rings. The Morgan fingerprint density at radius 3 is 2.68 bits per heavy atom. The molecule has 0 radical (unpaired) electrons. The van der Waals surface area contributed by atoms with Crippen LogP contribution in [0, 0.1) is 0 Å². The van der Waals surface area contributed by atoms with Crippen LogP contribution in [0.1, 0.15) is 0 Å². The number of pyridine rings is 1. The van der Waals surface area contributed by atoms with Crippen LogP contribution in [0.5, 0.6) is 11.5 Å².